The summed E-state index contributed by atoms with van der Waals surface area (Å²) in [5.41, 5.74) is 0.658. The van der Waals surface area contributed by atoms with E-state index in [9.17, 15) is 4.79 Å². The molecule has 0 spiro atoms. The second-order valence-electron chi connectivity index (χ2n) is 3.67. The lowest BCUT2D eigenvalue weighted by molar-refractivity contribution is -0.145. The van der Waals surface area contributed by atoms with Crippen LogP contribution >= 0.6 is 0 Å². The third kappa shape index (κ3) is 1.75. The molecule has 1 fully saturated rings. The first-order valence-electron chi connectivity index (χ1n) is 5.09. The number of carbonyl (C=O) groups is 1. The lowest BCUT2D eigenvalue weighted by Crippen LogP contribution is -2.15. The van der Waals surface area contributed by atoms with Crippen LogP contribution in [0.2, 0.25) is 0 Å². The van der Waals surface area contributed by atoms with Crippen molar-refractivity contribution in [1.82, 2.24) is 0 Å². The van der Waals surface area contributed by atoms with Gasteiger partial charge in [0, 0.05) is 6.92 Å². The highest BCUT2D eigenvalue weighted by Crippen LogP contribution is 2.49. The zero-order valence-corrected chi connectivity index (χ0v) is 8.90. The average molecular weight is 206 g/mol. The molecule has 15 heavy (non-hydrogen) atoms. The van der Waals surface area contributed by atoms with Crippen LogP contribution < -0.4 is 0 Å². The maximum atomic E-state index is 10.8. The van der Waals surface area contributed by atoms with Gasteiger partial charge in [0.1, 0.15) is 0 Å². The first-order chi connectivity index (χ1) is 7.19. The Morgan fingerprint density at radius 2 is 2.13 bits per heavy atom. The molecule has 1 aromatic rings. The normalized spacial score (nSPS) is 28.5. The largest absolute Gasteiger partial charge is 0.432 e. The zero-order chi connectivity index (χ0) is 10.9. The number of carbonyl (C=O) groups excluding carboxylic acids is 1. The molecule has 80 valence electrons. The third-order valence-electron chi connectivity index (χ3n) is 2.70. The van der Waals surface area contributed by atoms with Crippen molar-refractivity contribution in [1.29, 1.82) is 0 Å². The number of hydrogen-bond acceptors (Lipinski definition) is 3. The van der Waals surface area contributed by atoms with Crippen LogP contribution in [-0.4, -0.2) is 12.3 Å². The van der Waals surface area contributed by atoms with Gasteiger partial charge in [-0.15, -0.1) is 0 Å². The van der Waals surface area contributed by atoms with Crippen molar-refractivity contribution in [2.75, 3.05) is 0 Å². The van der Waals surface area contributed by atoms with E-state index in [0.29, 0.717) is 0 Å². The van der Waals surface area contributed by atoms with Crippen LogP contribution in [0.1, 0.15) is 25.8 Å². The average Bonchev–Trinajstić information content (AvgIpc) is 2.93. The van der Waals surface area contributed by atoms with Gasteiger partial charge in [0.05, 0.1) is 0 Å². The highest BCUT2D eigenvalue weighted by Gasteiger charge is 2.59. The van der Waals surface area contributed by atoms with Gasteiger partial charge in [-0.05, 0) is 12.0 Å². The quantitative estimate of drug-likeness (QED) is 0.562. The standard InChI is InChI=1S/C12H14O3/c1-3-12(10-7-5-4-6-8-10)11(15-12)14-9(2)13/h4-8,11H,3H2,1-2H3. The molecule has 1 heterocycles. The highest BCUT2D eigenvalue weighted by molar-refractivity contribution is 5.66. The topological polar surface area (TPSA) is 38.8 Å². The van der Waals surface area contributed by atoms with Gasteiger partial charge in [-0.1, -0.05) is 37.3 Å². The van der Waals surface area contributed by atoms with Crippen molar-refractivity contribution >= 4 is 5.97 Å². The molecule has 0 aromatic heterocycles. The predicted octanol–water partition coefficient (Wildman–Crippen LogP) is 2.21. The fourth-order valence-electron chi connectivity index (χ4n) is 1.81. The van der Waals surface area contributed by atoms with E-state index in [1.54, 1.807) is 0 Å². The number of benzene rings is 1. The number of rotatable bonds is 3. The van der Waals surface area contributed by atoms with E-state index in [-0.39, 0.29) is 5.97 Å². The van der Waals surface area contributed by atoms with Gasteiger partial charge in [-0.25, -0.2) is 0 Å². The molecule has 1 saturated heterocycles. The van der Waals surface area contributed by atoms with Crippen LogP contribution in [0.25, 0.3) is 0 Å². The van der Waals surface area contributed by atoms with E-state index in [1.807, 2.05) is 37.3 Å². The maximum Gasteiger partial charge on any atom is 0.305 e. The summed E-state index contributed by atoms with van der Waals surface area (Å²) in [4.78, 5) is 10.8. The van der Waals surface area contributed by atoms with Gasteiger partial charge in [0.25, 0.3) is 0 Å². The summed E-state index contributed by atoms with van der Waals surface area (Å²) in [6.07, 6.45) is 0.386. The number of esters is 1. The lowest BCUT2D eigenvalue weighted by Gasteiger charge is -2.09. The van der Waals surface area contributed by atoms with Crippen LogP contribution in [0.5, 0.6) is 0 Å². The summed E-state index contributed by atoms with van der Waals surface area (Å²) in [5, 5.41) is 0. The van der Waals surface area contributed by atoms with E-state index in [0.717, 1.165) is 12.0 Å². The van der Waals surface area contributed by atoms with E-state index < -0.39 is 11.9 Å². The molecule has 2 unspecified atom stereocenters. The summed E-state index contributed by atoms with van der Waals surface area (Å²) >= 11 is 0. The van der Waals surface area contributed by atoms with Crippen LogP contribution in [-0.2, 0) is 19.9 Å². The van der Waals surface area contributed by atoms with Crippen LogP contribution in [0.15, 0.2) is 30.3 Å². The molecule has 0 radical (unpaired) electrons. The summed E-state index contributed by atoms with van der Waals surface area (Å²) in [6.45, 7) is 3.42. The molecule has 1 aliphatic heterocycles. The zero-order valence-electron chi connectivity index (χ0n) is 8.90. The molecule has 0 saturated carbocycles. The van der Waals surface area contributed by atoms with Gasteiger partial charge in [0.2, 0.25) is 6.29 Å². The Kier molecular flexibility index (Phi) is 2.49. The third-order valence-corrected chi connectivity index (χ3v) is 2.70. The molecule has 2 rings (SSSR count). The molecule has 3 heteroatoms. The van der Waals surface area contributed by atoms with Crippen molar-refractivity contribution in [3.05, 3.63) is 35.9 Å². The number of epoxide rings is 1. The molecule has 0 N–H and O–H groups in total. The first kappa shape index (κ1) is 10.2. The fourth-order valence-corrected chi connectivity index (χ4v) is 1.81. The SMILES string of the molecule is CCC1(c2ccccc2)OC1OC(C)=O. The Balaban J connectivity index is 2.17. The summed E-state index contributed by atoms with van der Waals surface area (Å²) in [6, 6.07) is 9.86. The van der Waals surface area contributed by atoms with E-state index in [1.165, 1.54) is 6.92 Å². The smallest absolute Gasteiger partial charge is 0.305 e. The Morgan fingerprint density at radius 1 is 1.47 bits per heavy atom. The molecule has 0 bridgehead atoms. The van der Waals surface area contributed by atoms with Gasteiger partial charge >= 0.3 is 5.97 Å². The molecular weight excluding hydrogens is 192 g/mol. The van der Waals surface area contributed by atoms with Gasteiger partial charge < -0.3 is 9.47 Å². The minimum atomic E-state index is -0.414. The Hall–Kier alpha value is -1.35. The fraction of sp³-hybridized carbons (Fsp3) is 0.417. The van der Waals surface area contributed by atoms with Crippen molar-refractivity contribution < 1.29 is 14.3 Å². The predicted molar refractivity (Wildman–Crippen MR) is 55.1 cm³/mol. The molecule has 0 aliphatic carbocycles. The van der Waals surface area contributed by atoms with Crippen molar-refractivity contribution in [3.8, 4) is 0 Å². The van der Waals surface area contributed by atoms with Crippen molar-refractivity contribution in [2.24, 2.45) is 0 Å². The minimum Gasteiger partial charge on any atom is -0.432 e. The summed E-state index contributed by atoms with van der Waals surface area (Å²) in [7, 11) is 0. The Morgan fingerprint density at radius 3 is 2.67 bits per heavy atom. The van der Waals surface area contributed by atoms with E-state index in [4.69, 9.17) is 9.47 Å². The Bertz CT molecular complexity index is 360. The first-order valence-corrected chi connectivity index (χ1v) is 5.09. The van der Waals surface area contributed by atoms with Gasteiger partial charge in [0.15, 0.2) is 5.60 Å². The monoisotopic (exact) mass is 206 g/mol. The lowest BCUT2D eigenvalue weighted by atomic mass is 9.96. The molecule has 0 amide bonds. The molecular formula is C12H14O3. The van der Waals surface area contributed by atoms with Crippen LogP contribution in [0, 0.1) is 0 Å². The minimum absolute atomic E-state index is 0.300. The second-order valence-corrected chi connectivity index (χ2v) is 3.67. The van der Waals surface area contributed by atoms with E-state index >= 15 is 0 Å². The molecule has 3 nitrogen and oxygen atoms in total. The van der Waals surface area contributed by atoms with Gasteiger partial charge in [-0.3, -0.25) is 4.79 Å². The van der Waals surface area contributed by atoms with Crippen LogP contribution in [0.4, 0.5) is 0 Å². The van der Waals surface area contributed by atoms with E-state index in [2.05, 4.69) is 0 Å². The molecule has 1 aromatic carbocycles. The number of ether oxygens (including phenoxy) is 2. The number of hydrogen-bond donors (Lipinski definition) is 0. The van der Waals surface area contributed by atoms with Crippen molar-refractivity contribution in [2.45, 2.75) is 32.2 Å². The second kappa shape index (κ2) is 3.66. The van der Waals surface area contributed by atoms with Crippen LogP contribution in [0.3, 0.4) is 0 Å². The van der Waals surface area contributed by atoms with Gasteiger partial charge in [-0.2, -0.15) is 0 Å². The van der Waals surface area contributed by atoms with Crippen molar-refractivity contribution in [3.63, 3.8) is 0 Å². The Labute approximate surface area is 89.0 Å². The maximum absolute atomic E-state index is 10.8. The highest BCUT2D eigenvalue weighted by atomic mass is 16.8. The summed E-state index contributed by atoms with van der Waals surface area (Å²) in [5.74, 6) is -0.300. The molecule has 1 aliphatic rings. The molecule has 2 atom stereocenters. The summed E-state index contributed by atoms with van der Waals surface area (Å²) < 4.78 is 10.6.